The number of rotatable bonds is 0. The van der Waals surface area contributed by atoms with E-state index in [1.807, 2.05) is 0 Å². The highest BCUT2D eigenvalue weighted by atomic mass is 35.5. The van der Waals surface area contributed by atoms with Gasteiger partial charge >= 0.3 is 0 Å². The van der Waals surface area contributed by atoms with Crippen molar-refractivity contribution in [3.8, 4) is 0 Å². The Bertz CT molecular complexity index is 8.75. The van der Waals surface area contributed by atoms with Gasteiger partial charge < -0.3 is 0 Å². The summed E-state index contributed by atoms with van der Waals surface area (Å²) >= 11 is 0. The molecule has 44 valence electrons. The second-order valence-corrected chi connectivity index (χ2v) is 0. The minimum Gasteiger partial charge on any atom is -0.269 e. The van der Waals surface area contributed by atoms with Crippen LogP contribution >= 0.6 is 37.2 Å². The Labute approximate surface area is 55.6 Å². The third kappa shape index (κ3) is 195. The predicted octanol–water partition coefficient (Wildman–Crippen LogP) is 2.22. The first-order valence-corrected chi connectivity index (χ1v) is 0.500. The largest absolute Gasteiger partial charge is 0.269 e. The van der Waals surface area contributed by atoms with Crippen LogP contribution in [0.1, 0.15) is 0 Å². The molecule has 0 fully saturated rings. The summed E-state index contributed by atoms with van der Waals surface area (Å²) in [5, 5.41) is 0. The molecule has 0 saturated carbocycles. The van der Waals surface area contributed by atoms with Crippen LogP contribution in [0.3, 0.4) is 0 Å². The first-order valence-electron chi connectivity index (χ1n) is 0.500. The fourth-order valence-corrected chi connectivity index (χ4v) is 0. The molecule has 0 aromatic rings. The fourth-order valence-electron chi connectivity index (χ4n) is 0. The standard InChI is InChI=1S/C2H4.3ClH.FH/c1-2;;;;/h1-2H2;4*1H. The molecule has 0 aliphatic rings. The van der Waals surface area contributed by atoms with Gasteiger partial charge in [-0.2, -0.15) is 0 Å². The summed E-state index contributed by atoms with van der Waals surface area (Å²) in [5.41, 5.74) is 0. The maximum atomic E-state index is 3.00. The lowest BCUT2D eigenvalue weighted by Crippen LogP contribution is -0.552. The van der Waals surface area contributed by atoms with Gasteiger partial charge in [0, 0.05) is 0 Å². The molecule has 0 rings (SSSR count). The summed E-state index contributed by atoms with van der Waals surface area (Å²) in [6.45, 7) is 6.00. The molecule has 0 aliphatic heterocycles. The van der Waals surface area contributed by atoms with E-state index in [1.165, 1.54) is 0 Å². The molecular weight excluding hydrogens is 149 g/mol. The van der Waals surface area contributed by atoms with Crippen LogP contribution in [0.5, 0.6) is 0 Å². The first kappa shape index (κ1) is 84.6. The van der Waals surface area contributed by atoms with E-state index in [0.29, 0.717) is 0 Å². The first-order chi connectivity index (χ1) is 1.00. The molecule has 0 unspecified atom stereocenters. The quantitative estimate of drug-likeness (QED) is 0.473. The molecule has 0 aromatic carbocycles. The summed E-state index contributed by atoms with van der Waals surface area (Å²) in [7, 11) is 0. The summed E-state index contributed by atoms with van der Waals surface area (Å²) in [6, 6.07) is 0. The maximum Gasteiger partial charge on any atom is -0.106 e. The Morgan fingerprint density at radius 3 is 0.667 bits per heavy atom. The molecule has 0 aromatic heterocycles. The molecule has 0 atom stereocenters. The third-order valence-electron chi connectivity index (χ3n) is 0. The van der Waals surface area contributed by atoms with E-state index < -0.39 is 0 Å². The van der Waals surface area contributed by atoms with Gasteiger partial charge in [-0.05, 0) is 0 Å². The maximum absolute atomic E-state index is 3.00. The lowest BCUT2D eigenvalue weighted by atomic mass is 11.3. The molecular formula is C2H8Cl3F. The zero-order chi connectivity index (χ0) is 2.00. The number of hydrogen-bond donors (Lipinski definition) is 0. The van der Waals surface area contributed by atoms with Crippen LogP contribution in [0.15, 0.2) is 13.2 Å². The topological polar surface area (TPSA) is 0 Å². The van der Waals surface area contributed by atoms with Gasteiger partial charge in [0.1, 0.15) is 0 Å². The molecule has 0 heterocycles. The molecule has 0 spiro atoms. The zero-order valence-electron chi connectivity index (χ0n) is 3.05. The van der Waals surface area contributed by atoms with Gasteiger partial charge in [0.15, 0.2) is 0 Å². The Hall–Kier alpha value is 0.540. The average molecular weight is 157 g/mol. The molecule has 6 heavy (non-hydrogen) atoms. The lowest BCUT2D eigenvalue weighted by molar-refractivity contribution is 1.11. The molecule has 4 heteroatoms. The monoisotopic (exact) mass is 156 g/mol. The molecule has 0 nitrogen and oxygen atoms in total. The smallest absolute Gasteiger partial charge is 0.106 e. The Balaban J connectivity index is -0.000000000833. The summed E-state index contributed by atoms with van der Waals surface area (Å²) in [4.78, 5) is 0. The van der Waals surface area contributed by atoms with Crippen molar-refractivity contribution < 1.29 is 4.70 Å². The highest BCUT2D eigenvalue weighted by molar-refractivity contribution is 5.86. The number of hydrogen-bond acceptors (Lipinski definition) is 0. The van der Waals surface area contributed by atoms with Crippen LogP contribution in [-0.4, -0.2) is 0 Å². The van der Waals surface area contributed by atoms with E-state index in [2.05, 4.69) is 13.2 Å². The van der Waals surface area contributed by atoms with Crippen molar-refractivity contribution in [2.45, 2.75) is 0 Å². The van der Waals surface area contributed by atoms with Crippen molar-refractivity contribution in [1.29, 1.82) is 0 Å². The lowest BCUT2D eigenvalue weighted by Gasteiger charge is -0.813. The van der Waals surface area contributed by atoms with E-state index in [-0.39, 0.29) is 41.9 Å². The summed E-state index contributed by atoms with van der Waals surface area (Å²) in [6.07, 6.45) is 0. The average Bonchev–Trinajstić information content (AvgIpc) is 1.00. The van der Waals surface area contributed by atoms with Gasteiger partial charge in [-0.3, -0.25) is 4.70 Å². The van der Waals surface area contributed by atoms with Crippen molar-refractivity contribution in [3.05, 3.63) is 13.2 Å². The van der Waals surface area contributed by atoms with Gasteiger partial charge in [0.25, 0.3) is 0 Å². The van der Waals surface area contributed by atoms with Gasteiger partial charge in [-0.15, -0.1) is 50.4 Å². The molecule has 0 aliphatic carbocycles. The molecule has 0 radical (unpaired) electrons. The van der Waals surface area contributed by atoms with Crippen LogP contribution in [0.2, 0.25) is 0 Å². The highest BCUT2D eigenvalue weighted by Gasteiger charge is 0.601. The second-order valence-electron chi connectivity index (χ2n) is 0. The van der Waals surface area contributed by atoms with Crippen LogP contribution in [0.4, 0.5) is 4.70 Å². The van der Waals surface area contributed by atoms with Crippen LogP contribution in [-0.2, 0) is 0 Å². The Kier molecular flexibility index (Phi) is 5520. The SMILES string of the molecule is C=C.Cl.Cl.Cl.F. The van der Waals surface area contributed by atoms with E-state index >= 15 is 0 Å². The predicted molar refractivity (Wildman–Crippen MR) is 35.5 cm³/mol. The molecule has 0 saturated heterocycles. The van der Waals surface area contributed by atoms with Gasteiger partial charge in [-0.25, -0.2) is 0 Å². The summed E-state index contributed by atoms with van der Waals surface area (Å²) in [5.74, 6) is 0. The van der Waals surface area contributed by atoms with Crippen molar-refractivity contribution in [1.82, 2.24) is 0 Å². The van der Waals surface area contributed by atoms with Gasteiger partial charge in [0.2, 0.25) is 0 Å². The van der Waals surface area contributed by atoms with Crippen molar-refractivity contribution in [2.24, 2.45) is 0 Å². The van der Waals surface area contributed by atoms with Gasteiger partial charge in [-0.1, -0.05) is 0 Å². The van der Waals surface area contributed by atoms with Crippen LogP contribution in [0, 0.1) is 0 Å². The molecule has 0 bridgehead atoms. The number of halogens is 4. The van der Waals surface area contributed by atoms with Crippen molar-refractivity contribution in [3.63, 3.8) is 0 Å². The van der Waals surface area contributed by atoms with Crippen molar-refractivity contribution in [2.75, 3.05) is 0 Å². The second kappa shape index (κ2) is 392. The Morgan fingerprint density at radius 2 is 0.667 bits per heavy atom. The molecule has 0 N–H and O–H groups in total. The van der Waals surface area contributed by atoms with E-state index in [4.69, 9.17) is 0 Å². The normalized spacial score (nSPS) is 0.667. The fraction of sp³-hybridized carbons (Fsp3) is 0. The van der Waals surface area contributed by atoms with E-state index in [9.17, 15) is 0 Å². The highest BCUT2D eigenvalue weighted by Crippen LogP contribution is 0.862. The van der Waals surface area contributed by atoms with E-state index in [1.54, 1.807) is 0 Å². The van der Waals surface area contributed by atoms with E-state index in [0.717, 1.165) is 0 Å². The van der Waals surface area contributed by atoms with Crippen molar-refractivity contribution >= 4 is 37.2 Å². The van der Waals surface area contributed by atoms with Gasteiger partial charge in [0.05, 0.1) is 0 Å². The van der Waals surface area contributed by atoms with Crippen LogP contribution < -0.4 is 0 Å². The third-order valence-corrected chi connectivity index (χ3v) is 0. The summed E-state index contributed by atoms with van der Waals surface area (Å²) < 4.78 is 0. The van der Waals surface area contributed by atoms with Crippen LogP contribution in [0.25, 0.3) is 0 Å². The minimum atomic E-state index is 0. The molecule has 0 amide bonds. The zero-order valence-corrected chi connectivity index (χ0v) is 5.50. The minimum absolute atomic E-state index is 0. The Morgan fingerprint density at radius 1 is 0.667 bits per heavy atom.